The lowest BCUT2D eigenvalue weighted by Crippen LogP contribution is -2.06. The van der Waals surface area contributed by atoms with Crippen molar-refractivity contribution >= 4 is 28.1 Å². The third kappa shape index (κ3) is 2.19. The first-order valence-electron chi connectivity index (χ1n) is 5.07. The summed E-state index contributed by atoms with van der Waals surface area (Å²) in [5, 5.41) is 8.11. The van der Waals surface area contributed by atoms with Gasteiger partial charge in [0.1, 0.15) is 0 Å². The summed E-state index contributed by atoms with van der Waals surface area (Å²) in [5.74, 6) is -0.198. The van der Waals surface area contributed by atoms with E-state index in [2.05, 4.69) is 15.3 Å². The topological polar surface area (TPSA) is 77.9 Å². The molecular weight excluding hydrogens is 216 g/mol. The summed E-state index contributed by atoms with van der Waals surface area (Å²) in [7, 11) is 0. The SMILES string of the molecule is CC(=O)Nc1c(N=[N+]=[N-])ccc2ccccc12. The average molecular weight is 226 g/mol. The second-order valence-electron chi connectivity index (χ2n) is 3.55. The zero-order chi connectivity index (χ0) is 12.3. The Balaban J connectivity index is 2.74. The zero-order valence-corrected chi connectivity index (χ0v) is 9.21. The molecule has 0 aliphatic rings. The summed E-state index contributed by atoms with van der Waals surface area (Å²) in [6.45, 7) is 1.42. The van der Waals surface area contributed by atoms with Crippen LogP contribution in [0, 0.1) is 0 Å². The van der Waals surface area contributed by atoms with E-state index in [1.165, 1.54) is 6.92 Å². The first-order chi connectivity index (χ1) is 8.22. The summed E-state index contributed by atoms with van der Waals surface area (Å²) in [6, 6.07) is 11.1. The first kappa shape index (κ1) is 11.0. The highest BCUT2D eigenvalue weighted by molar-refractivity contribution is 6.05. The smallest absolute Gasteiger partial charge is 0.221 e. The molecule has 17 heavy (non-hydrogen) atoms. The maximum absolute atomic E-state index is 11.2. The molecule has 0 bridgehead atoms. The van der Waals surface area contributed by atoms with Gasteiger partial charge in [-0.15, -0.1) is 0 Å². The lowest BCUT2D eigenvalue weighted by atomic mass is 10.1. The van der Waals surface area contributed by atoms with E-state index >= 15 is 0 Å². The van der Waals surface area contributed by atoms with Gasteiger partial charge in [-0.05, 0) is 17.0 Å². The van der Waals surface area contributed by atoms with Crippen LogP contribution >= 0.6 is 0 Å². The van der Waals surface area contributed by atoms with E-state index in [4.69, 9.17) is 5.53 Å². The summed E-state index contributed by atoms with van der Waals surface area (Å²) in [6.07, 6.45) is 0. The number of hydrogen-bond acceptors (Lipinski definition) is 2. The number of carbonyl (C=O) groups excluding carboxylic acids is 1. The highest BCUT2D eigenvalue weighted by atomic mass is 16.1. The number of carbonyl (C=O) groups is 1. The van der Waals surface area contributed by atoms with Gasteiger partial charge in [-0.25, -0.2) is 0 Å². The molecule has 5 nitrogen and oxygen atoms in total. The Morgan fingerprint density at radius 2 is 2.06 bits per heavy atom. The van der Waals surface area contributed by atoms with Gasteiger partial charge >= 0.3 is 0 Å². The van der Waals surface area contributed by atoms with Crippen molar-refractivity contribution in [2.45, 2.75) is 6.92 Å². The standard InChI is InChI=1S/C12H10N4O/c1-8(17)14-12-10-5-3-2-4-9(10)6-7-11(12)15-16-13/h2-7H,1H3,(H,14,17). The van der Waals surface area contributed by atoms with Crippen LogP contribution in [0.3, 0.4) is 0 Å². The molecule has 1 N–H and O–H groups in total. The first-order valence-corrected chi connectivity index (χ1v) is 5.07. The number of nitrogens with zero attached hydrogens (tertiary/aromatic N) is 3. The maximum atomic E-state index is 11.2. The number of amides is 1. The molecule has 1 amide bonds. The highest BCUT2D eigenvalue weighted by Gasteiger charge is 2.07. The molecule has 0 aliphatic heterocycles. The molecule has 0 radical (unpaired) electrons. The molecule has 0 spiro atoms. The van der Waals surface area contributed by atoms with Crippen LogP contribution in [0.25, 0.3) is 21.2 Å². The summed E-state index contributed by atoms with van der Waals surface area (Å²) >= 11 is 0. The molecule has 0 aromatic heterocycles. The largest absolute Gasteiger partial charge is 0.325 e. The second-order valence-corrected chi connectivity index (χ2v) is 3.55. The van der Waals surface area contributed by atoms with Gasteiger partial charge in [-0.3, -0.25) is 4.79 Å². The zero-order valence-electron chi connectivity index (χ0n) is 9.21. The fraction of sp³-hybridized carbons (Fsp3) is 0.0833. The van der Waals surface area contributed by atoms with Crippen LogP contribution in [0.1, 0.15) is 6.92 Å². The van der Waals surface area contributed by atoms with Crippen molar-refractivity contribution in [2.24, 2.45) is 5.11 Å². The lowest BCUT2D eigenvalue weighted by molar-refractivity contribution is -0.114. The van der Waals surface area contributed by atoms with E-state index in [1.807, 2.05) is 30.3 Å². The third-order valence-corrected chi connectivity index (χ3v) is 2.36. The van der Waals surface area contributed by atoms with Gasteiger partial charge in [0.2, 0.25) is 5.91 Å². The summed E-state index contributed by atoms with van der Waals surface area (Å²) in [5.41, 5.74) is 9.46. The van der Waals surface area contributed by atoms with Crippen molar-refractivity contribution in [1.82, 2.24) is 0 Å². The Morgan fingerprint density at radius 3 is 2.76 bits per heavy atom. The fourth-order valence-corrected chi connectivity index (χ4v) is 1.70. The van der Waals surface area contributed by atoms with E-state index < -0.39 is 0 Å². The molecule has 2 aromatic rings. The van der Waals surface area contributed by atoms with Crippen molar-refractivity contribution in [3.8, 4) is 0 Å². The Labute approximate surface area is 97.7 Å². The van der Waals surface area contributed by atoms with Crippen LogP contribution in [-0.2, 0) is 4.79 Å². The number of azide groups is 1. The van der Waals surface area contributed by atoms with Crippen LogP contribution in [0.4, 0.5) is 11.4 Å². The Bertz CT molecular complexity index is 629. The third-order valence-electron chi connectivity index (χ3n) is 2.36. The lowest BCUT2D eigenvalue weighted by Gasteiger charge is -2.09. The van der Waals surface area contributed by atoms with Gasteiger partial charge < -0.3 is 5.32 Å². The minimum atomic E-state index is -0.198. The van der Waals surface area contributed by atoms with Gasteiger partial charge in [0.15, 0.2) is 0 Å². The molecule has 0 saturated heterocycles. The van der Waals surface area contributed by atoms with Gasteiger partial charge in [-0.1, -0.05) is 35.4 Å². The molecule has 0 unspecified atom stereocenters. The monoisotopic (exact) mass is 226 g/mol. The maximum Gasteiger partial charge on any atom is 0.221 e. The molecule has 2 rings (SSSR count). The Morgan fingerprint density at radius 1 is 1.29 bits per heavy atom. The van der Waals surface area contributed by atoms with Crippen molar-refractivity contribution in [1.29, 1.82) is 0 Å². The number of benzene rings is 2. The fourth-order valence-electron chi connectivity index (χ4n) is 1.70. The predicted octanol–water partition coefficient (Wildman–Crippen LogP) is 3.74. The molecular formula is C12H10N4O. The quantitative estimate of drug-likeness (QED) is 0.472. The Kier molecular flexibility index (Phi) is 2.94. The van der Waals surface area contributed by atoms with Crippen LogP contribution in [0.2, 0.25) is 0 Å². The van der Waals surface area contributed by atoms with Crippen molar-refractivity contribution < 1.29 is 4.79 Å². The van der Waals surface area contributed by atoms with Crippen molar-refractivity contribution in [3.05, 3.63) is 46.8 Å². The van der Waals surface area contributed by atoms with Crippen LogP contribution in [0.15, 0.2) is 41.5 Å². The summed E-state index contributed by atoms with van der Waals surface area (Å²) < 4.78 is 0. The number of rotatable bonds is 2. The molecule has 5 heteroatoms. The molecule has 0 heterocycles. The van der Waals surface area contributed by atoms with Crippen molar-refractivity contribution in [3.63, 3.8) is 0 Å². The molecule has 2 aromatic carbocycles. The van der Waals surface area contributed by atoms with E-state index in [0.717, 1.165) is 10.8 Å². The van der Waals surface area contributed by atoms with Gasteiger partial charge in [-0.2, -0.15) is 0 Å². The minimum absolute atomic E-state index is 0.198. The van der Waals surface area contributed by atoms with Crippen LogP contribution < -0.4 is 5.32 Å². The number of nitrogens with one attached hydrogen (secondary N) is 1. The highest BCUT2D eigenvalue weighted by Crippen LogP contribution is 2.33. The summed E-state index contributed by atoms with van der Waals surface area (Å²) in [4.78, 5) is 13.9. The van der Waals surface area contributed by atoms with Crippen LogP contribution in [-0.4, -0.2) is 5.91 Å². The molecule has 0 atom stereocenters. The Hall–Kier alpha value is -2.52. The number of hydrogen-bond donors (Lipinski definition) is 1. The van der Waals surface area contributed by atoms with E-state index in [1.54, 1.807) is 6.07 Å². The minimum Gasteiger partial charge on any atom is -0.325 e. The van der Waals surface area contributed by atoms with E-state index in [0.29, 0.717) is 11.4 Å². The molecule has 0 fully saturated rings. The normalized spacial score (nSPS) is 9.71. The molecule has 84 valence electrons. The number of fused-ring (bicyclic) bond motifs is 1. The van der Waals surface area contributed by atoms with Crippen LogP contribution in [0.5, 0.6) is 0 Å². The van der Waals surface area contributed by atoms with Gasteiger partial charge in [0.05, 0.1) is 11.4 Å². The average Bonchev–Trinajstić information content (AvgIpc) is 2.32. The molecule has 0 saturated carbocycles. The predicted molar refractivity (Wildman–Crippen MR) is 67.1 cm³/mol. The molecule has 0 aliphatic carbocycles. The van der Waals surface area contributed by atoms with Crippen molar-refractivity contribution in [2.75, 3.05) is 5.32 Å². The van der Waals surface area contributed by atoms with Gasteiger partial charge in [0, 0.05) is 17.2 Å². The van der Waals surface area contributed by atoms with E-state index in [-0.39, 0.29) is 5.91 Å². The second kappa shape index (κ2) is 4.55. The van der Waals surface area contributed by atoms with E-state index in [9.17, 15) is 4.79 Å². The number of anilines is 1. The van der Waals surface area contributed by atoms with Gasteiger partial charge in [0.25, 0.3) is 0 Å².